The second-order valence-electron chi connectivity index (χ2n) is 6.42. The number of hydrogen-bond donors (Lipinski definition) is 0. The van der Waals surface area contributed by atoms with Crippen LogP contribution in [0.3, 0.4) is 0 Å². The van der Waals surface area contributed by atoms with Gasteiger partial charge in [0.1, 0.15) is 0 Å². The maximum Gasteiger partial charge on any atom is -0.0389 e. The van der Waals surface area contributed by atoms with Gasteiger partial charge in [0.15, 0.2) is 0 Å². The Kier molecular flexibility index (Phi) is 8.14. The minimum absolute atomic E-state index is 0.823. The van der Waals surface area contributed by atoms with E-state index in [0.717, 1.165) is 29.6 Å². The van der Waals surface area contributed by atoms with Crippen molar-refractivity contribution in [1.82, 2.24) is 0 Å². The van der Waals surface area contributed by atoms with E-state index in [1.807, 2.05) is 0 Å². The summed E-state index contributed by atoms with van der Waals surface area (Å²) >= 11 is 0. The third kappa shape index (κ3) is 5.92. The molecular weight excluding hydrogens is 192 g/mol. The first-order chi connectivity index (χ1) is 7.40. The summed E-state index contributed by atoms with van der Waals surface area (Å²) in [7, 11) is 0. The molecule has 0 amide bonds. The van der Waals surface area contributed by atoms with Crippen LogP contribution in [0.1, 0.15) is 74.1 Å². The van der Waals surface area contributed by atoms with E-state index in [2.05, 4.69) is 48.5 Å². The lowest BCUT2D eigenvalue weighted by Crippen LogP contribution is -2.22. The molecule has 0 aliphatic rings. The lowest BCUT2D eigenvalue weighted by Gasteiger charge is -2.30. The quantitative estimate of drug-likeness (QED) is 0.493. The Morgan fingerprint density at radius 3 is 1.81 bits per heavy atom. The largest absolute Gasteiger partial charge is 0.0654 e. The Morgan fingerprint density at radius 2 is 1.38 bits per heavy atom. The van der Waals surface area contributed by atoms with E-state index in [9.17, 15) is 0 Å². The van der Waals surface area contributed by atoms with E-state index >= 15 is 0 Å². The minimum atomic E-state index is 0.823. The number of unbranched alkanes of at least 4 members (excludes halogenated alkanes) is 1. The van der Waals surface area contributed by atoms with E-state index in [1.54, 1.807) is 0 Å². The van der Waals surface area contributed by atoms with Crippen LogP contribution in [0.25, 0.3) is 0 Å². The van der Waals surface area contributed by atoms with E-state index in [0.29, 0.717) is 0 Å². The van der Waals surface area contributed by atoms with Crippen LogP contribution in [0, 0.1) is 29.6 Å². The van der Waals surface area contributed by atoms with Crippen LogP contribution in [0.15, 0.2) is 0 Å². The maximum atomic E-state index is 2.45. The molecule has 0 aromatic rings. The monoisotopic (exact) mass is 226 g/mol. The lowest BCUT2D eigenvalue weighted by atomic mass is 9.75. The van der Waals surface area contributed by atoms with Gasteiger partial charge < -0.3 is 0 Å². The number of rotatable bonds is 8. The van der Waals surface area contributed by atoms with Crippen molar-refractivity contribution in [2.75, 3.05) is 0 Å². The molecule has 0 heterocycles. The van der Waals surface area contributed by atoms with Gasteiger partial charge in [-0.3, -0.25) is 0 Å². The molecule has 4 atom stereocenters. The molecule has 0 nitrogen and oxygen atoms in total. The Labute approximate surface area is 104 Å². The average molecular weight is 226 g/mol. The van der Waals surface area contributed by atoms with Crippen molar-refractivity contribution in [2.45, 2.75) is 74.1 Å². The molecule has 0 aromatic carbocycles. The summed E-state index contributed by atoms with van der Waals surface area (Å²) in [6.45, 7) is 16.7. The van der Waals surface area contributed by atoms with E-state index in [4.69, 9.17) is 0 Å². The fourth-order valence-corrected chi connectivity index (χ4v) is 2.65. The lowest BCUT2D eigenvalue weighted by molar-refractivity contribution is 0.195. The predicted molar refractivity (Wildman–Crippen MR) is 75.6 cm³/mol. The zero-order valence-electron chi connectivity index (χ0n) is 12.7. The molecule has 0 rings (SSSR count). The fourth-order valence-electron chi connectivity index (χ4n) is 2.65. The second-order valence-corrected chi connectivity index (χ2v) is 6.42. The van der Waals surface area contributed by atoms with Crippen LogP contribution in [0.5, 0.6) is 0 Å². The molecule has 0 heteroatoms. The molecular formula is C16H34. The first-order valence-electron chi connectivity index (χ1n) is 7.40. The maximum absolute atomic E-state index is 2.45. The normalized spacial score (nSPS) is 19.5. The van der Waals surface area contributed by atoms with Crippen LogP contribution in [-0.4, -0.2) is 0 Å². The topological polar surface area (TPSA) is 0 Å². The highest BCUT2D eigenvalue weighted by molar-refractivity contribution is 4.72. The van der Waals surface area contributed by atoms with Crippen LogP contribution < -0.4 is 0 Å². The summed E-state index contributed by atoms with van der Waals surface area (Å²) in [5.41, 5.74) is 0. The molecule has 0 aromatic heterocycles. The van der Waals surface area contributed by atoms with E-state index in [1.165, 1.54) is 25.7 Å². The summed E-state index contributed by atoms with van der Waals surface area (Å²) in [6.07, 6.45) is 5.58. The van der Waals surface area contributed by atoms with Crippen molar-refractivity contribution in [3.63, 3.8) is 0 Å². The Hall–Kier alpha value is 0. The van der Waals surface area contributed by atoms with Gasteiger partial charge in [-0.25, -0.2) is 0 Å². The molecule has 0 aliphatic heterocycles. The van der Waals surface area contributed by atoms with Gasteiger partial charge in [-0.15, -0.1) is 0 Å². The van der Waals surface area contributed by atoms with Crippen molar-refractivity contribution in [3.05, 3.63) is 0 Å². The highest BCUT2D eigenvalue weighted by Gasteiger charge is 2.22. The van der Waals surface area contributed by atoms with Crippen molar-refractivity contribution >= 4 is 0 Å². The van der Waals surface area contributed by atoms with Gasteiger partial charge >= 0.3 is 0 Å². The summed E-state index contributed by atoms with van der Waals surface area (Å²) in [5.74, 6) is 4.34. The zero-order chi connectivity index (χ0) is 12.7. The Balaban J connectivity index is 3.98. The summed E-state index contributed by atoms with van der Waals surface area (Å²) < 4.78 is 0. The first-order valence-corrected chi connectivity index (χ1v) is 7.40. The smallest absolute Gasteiger partial charge is 0.0389 e. The standard InChI is InChI=1S/C16H34/c1-8-9-10-13(4)11-14(5)16(7)15(6)12(2)3/h12-16H,8-11H2,1-7H3. The zero-order valence-corrected chi connectivity index (χ0v) is 12.7. The summed E-state index contributed by atoms with van der Waals surface area (Å²) in [5, 5.41) is 0. The van der Waals surface area contributed by atoms with Crippen LogP contribution >= 0.6 is 0 Å². The molecule has 98 valence electrons. The summed E-state index contributed by atoms with van der Waals surface area (Å²) in [6, 6.07) is 0. The van der Waals surface area contributed by atoms with E-state index < -0.39 is 0 Å². The van der Waals surface area contributed by atoms with Crippen molar-refractivity contribution in [1.29, 1.82) is 0 Å². The van der Waals surface area contributed by atoms with Gasteiger partial charge in [0, 0.05) is 0 Å². The van der Waals surface area contributed by atoms with Gasteiger partial charge in [0.2, 0.25) is 0 Å². The van der Waals surface area contributed by atoms with Gasteiger partial charge in [-0.1, -0.05) is 67.7 Å². The Bertz CT molecular complexity index is 159. The third-order valence-electron chi connectivity index (χ3n) is 4.60. The van der Waals surface area contributed by atoms with Gasteiger partial charge in [0.25, 0.3) is 0 Å². The molecule has 16 heavy (non-hydrogen) atoms. The van der Waals surface area contributed by atoms with Crippen LogP contribution in [0.4, 0.5) is 0 Å². The highest BCUT2D eigenvalue weighted by atomic mass is 14.3. The molecule has 0 radical (unpaired) electrons. The van der Waals surface area contributed by atoms with Crippen molar-refractivity contribution < 1.29 is 0 Å². The van der Waals surface area contributed by atoms with Crippen molar-refractivity contribution in [3.8, 4) is 0 Å². The minimum Gasteiger partial charge on any atom is -0.0654 e. The van der Waals surface area contributed by atoms with Crippen LogP contribution in [0.2, 0.25) is 0 Å². The summed E-state index contributed by atoms with van der Waals surface area (Å²) in [4.78, 5) is 0. The average Bonchev–Trinajstić information content (AvgIpc) is 2.23. The molecule has 0 saturated carbocycles. The molecule has 0 N–H and O–H groups in total. The highest BCUT2D eigenvalue weighted by Crippen LogP contribution is 2.31. The molecule has 0 aliphatic carbocycles. The van der Waals surface area contributed by atoms with Gasteiger partial charge in [-0.2, -0.15) is 0 Å². The first kappa shape index (κ1) is 16.0. The van der Waals surface area contributed by atoms with Gasteiger partial charge in [-0.05, 0) is 36.0 Å². The molecule has 0 spiro atoms. The third-order valence-corrected chi connectivity index (χ3v) is 4.60. The fraction of sp³-hybridized carbons (Fsp3) is 1.00. The SMILES string of the molecule is CCCCC(C)CC(C)C(C)C(C)C(C)C. The molecule has 0 saturated heterocycles. The van der Waals surface area contributed by atoms with Gasteiger partial charge in [0.05, 0.1) is 0 Å². The Morgan fingerprint density at radius 1 is 0.812 bits per heavy atom. The molecule has 0 bridgehead atoms. The number of hydrogen-bond acceptors (Lipinski definition) is 0. The second kappa shape index (κ2) is 8.14. The molecule has 4 unspecified atom stereocenters. The van der Waals surface area contributed by atoms with E-state index in [-0.39, 0.29) is 0 Å². The van der Waals surface area contributed by atoms with Crippen LogP contribution in [-0.2, 0) is 0 Å². The van der Waals surface area contributed by atoms with Crippen molar-refractivity contribution in [2.24, 2.45) is 29.6 Å². The predicted octanol–water partition coefficient (Wildman–Crippen LogP) is 5.77. The molecule has 0 fully saturated rings.